The van der Waals surface area contributed by atoms with E-state index in [0.717, 1.165) is 42.7 Å². The van der Waals surface area contributed by atoms with Crippen LogP contribution in [0.5, 0.6) is 0 Å². The van der Waals surface area contributed by atoms with Crippen LogP contribution in [-0.4, -0.2) is 45.7 Å². The summed E-state index contributed by atoms with van der Waals surface area (Å²) in [6.45, 7) is 9.67. The fraction of sp³-hybridized carbons (Fsp3) is 0.632. The van der Waals surface area contributed by atoms with Gasteiger partial charge < -0.3 is 15.1 Å². The molecule has 0 aliphatic carbocycles. The second-order valence-electron chi connectivity index (χ2n) is 7.43. The molecule has 4 nitrogen and oxygen atoms in total. The lowest BCUT2D eigenvalue weighted by molar-refractivity contribution is -0.910. The van der Waals surface area contributed by atoms with Crippen molar-refractivity contribution in [1.29, 1.82) is 0 Å². The number of hydrogen-bond donors (Lipinski definition) is 3. The Balaban J connectivity index is 1.99. The molecule has 1 fully saturated rings. The van der Waals surface area contributed by atoms with Gasteiger partial charge in [0.25, 0.3) is 5.91 Å². The molecule has 0 saturated carbocycles. The number of amides is 1. The van der Waals surface area contributed by atoms with E-state index in [4.69, 9.17) is 0 Å². The maximum Gasteiger partial charge on any atom is 0.282 e. The highest BCUT2D eigenvalue weighted by molar-refractivity contribution is 5.95. The molecule has 4 heteroatoms. The molecule has 1 amide bonds. The van der Waals surface area contributed by atoms with Gasteiger partial charge in [-0.25, -0.2) is 0 Å². The van der Waals surface area contributed by atoms with Crippen LogP contribution in [0.25, 0.3) is 0 Å². The lowest BCUT2D eigenvalue weighted by Gasteiger charge is -2.22. The Labute approximate surface area is 140 Å². The highest BCUT2D eigenvalue weighted by atomic mass is 16.2. The van der Waals surface area contributed by atoms with Gasteiger partial charge in [-0.2, -0.15) is 0 Å². The number of likely N-dealkylation sites (tertiary alicyclic amines) is 1. The molecule has 0 aromatic heterocycles. The number of carbonyl (C=O) groups excluding carboxylic acids is 1. The number of quaternary nitrogens is 2. The van der Waals surface area contributed by atoms with Gasteiger partial charge in [-0.3, -0.25) is 4.79 Å². The lowest BCUT2D eigenvalue weighted by Crippen LogP contribution is -3.15. The van der Waals surface area contributed by atoms with Crippen molar-refractivity contribution in [3.8, 4) is 0 Å². The molecule has 2 rings (SSSR count). The van der Waals surface area contributed by atoms with Gasteiger partial charge in [0.2, 0.25) is 0 Å². The van der Waals surface area contributed by atoms with E-state index in [1.54, 1.807) is 0 Å². The highest BCUT2D eigenvalue weighted by Crippen LogP contribution is 2.22. The van der Waals surface area contributed by atoms with E-state index in [0.29, 0.717) is 0 Å². The largest absolute Gasteiger partial charge is 0.340 e. The number of anilines is 1. The smallest absolute Gasteiger partial charge is 0.282 e. The topological polar surface area (TPSA) is 38.0 Å². The lowest BCUT2D eigenvalue weighted by atomic mass is 10.0. The maximum atomic E-state index is 12.8. The molecule has 1 saturated heterocycles. The average Bonchev–Trinajstić information content (AvgIpc) is 2.90. The number of nitrogens with one attached hydrogen (secondary N) is 3. The van der Waals surface area contributed by atoms with Crippen LogP contribution in [0.1, 0.15) is 36.0 Å². The van der Waals surface area contributed by atoms with Crippen molar-refractivity contribution < 1.29 is 14.6 Å². The average molecular weight is 319 g/mol. The number of aryl methyl sites for hydroxylation is 3. The molecule has 2 atom stereocenters. The Bertz CT molecular complexity index is 531. The Morgan fingerprint density at radius 2 is 1.91 bits per heavy atom. The molecule has 0 spiro atoms. The van der Waals surface area contributed by atoms with Crippen LogP contribution in [0.4, 0.5) is 5.69 Å². The van der Waals surface area contributed by atoms with Gasteiger partial charge in [-0.05, 0) is 31.9 Å². The standard InChI is InChI=1S/C19H31N3O/c1-14-12-15(2)18(16(3)13-14)20-19(23)17-8-6-10-22(17)11-7-9-21(4)5/h12-13,17H,6-11H2,1-5H3,(H,20,23)/p+2/t17-/m1/s1. The SMILES string of the molecule is Cc1cc(C)c(NC(=O)[C@H]2CCC[NH+]2CCC[NH+](C)C)c(C)c1. The number of benzene rings is 1. The third-order valence-electron chi connectivity index (χ3n) is 4.90. The molecule has 23 heavy (non-hydrogen) atoms. The number of carbonyl (C=O) groups is 1. The van der Waals surface area contributed by atoms with Crippen LogP contribution < -0.4 is 15.1 Å². The van der Waals surface area contributed by atoms with Crippen LogP contribution in [0, 0.1) is 20.8 Å². The Morgan fingerprint density at radius 3 is 2.52 bits per heavy atom. The summed E-state index contributed by atoms with van der Waals surface area (Å²) in [6, 6.07) is 4.40. The van der Waals surface area contributed by atoms with Gasteiger partial charge >= 0.3 is 0 Å². The zero-order valence-corrected chi connectivity index (χ0v) is 15.4. The molecule has 3 N–H and O–H groups in total. The first kappa shape index (κ1) is 18.0. The van der Waals surface area contributed by atoms with Gasteiger partial charge in [0, 0.05) is 24.9 Å². The van der Waals surface area contributed by atoms with Crippen molar-refractivity contribution >= 4 is 11.6 Å². The monoisotopic (exact) mass is 319 g/mol. The number of rotatable bonds is 6. The van der Waals surface area contributed by atoms with Crippen molar-refractivity contribution in [2.75, 3.05) is 39.0 Å². The third-order valence-corrected chi connectivity index (χ3v) is 4.90. The van der Waals surface area contributed by atoms with E-state index in [1.807, 2.05) is 0 Å². The van der Waals surface area contributed by atoms with Gasteiger partial charge in [0.15, 0.2) is 6.04 Å². The molecular formula is C19H33N3O+2. The van der Waals surface area contributed by atoms with E-state index in [2.05, 4.69) is 52.3 Å². The van der Waals surface area contributed by atoms with E-state index in [9.17, 15) is 4.79 Å². The van der Waals surface area contributed by atoms with Gasteiger partial charge in [-0.15, -0.1) is 0 Å². The fourth-order valence-electron chi connectivity index (χ4n) is 3.78. The summed E-state index contributed by atoms with van der Waals surface area (Å²) in [6.07, 6.45) is 3.36. The molecule has 0 bridgehead atoms. The summed E-state index contributed by atoms with van der Waals surface area (Å²) in [5.74, 6) is 0.199. The van der Waals surface area contributed by atoms with Gasteiger partial charge in [0.05, 0.1) is 33.7 Å². The molecule has 128 valence electrons. The minimum absolute atomic E-state index is 0.118. The molecule has 1 unspecified atom stereocenters. The van der Waals surface area contributed by atoms with E-state index < -0.39 is 0 Å². The van der Waals surface area contributed by atoms with Crippen LogP contribution in [0.15, 0.2) is 12.1 Å². The summed E-state index contributed by atoms with van der Waals surface area (Å²) in [5.41, 5.74) is 4.57. The van der Waals surface area contributed by atoms with Crippen LogP contribution >= 0.6 is 0 Å². The van der Waals surface area contributed by atoms with Crippen LogP contribution in [0.2, 0.25) is 0 Å². The van der Waals surface area contributed by atoms with E-state index in [-0.39, 0.29) is 11.9 Å². The summed E-state index contributed by atoms with van der Waals surface area (Å²) in [7, 11) is 4.37. The van der Waals surface area contributed by atoms with Crippen molar-refractivity contribution in [2.24, 2.45) is 0 Å². The normalized spacial score (nSPS) is 21.0. The van der Waals surface area contributed by atoms with Gasteiger partial charge in [-0.1, -0.05) is 17.7 Å². The van der Waals surface area contributed by atoms with Crippen molar-refractivity contribution in [1.82, 2.24) is 0 Å². The van der Waals surface area contributed by atoms with Crippen molar-refractivity contribution in [2.45, 2.75) is 46.1 Å². The predicted octanol–water partition coefficient (Wildman–Crippen LogP) is 0.132. The minimum atomic E-state index is 0.118. The minimum Gasteiger partial charge on any atom is -0.340 e. The summed E-state index contributed by atoms with van der Waals surface area (Å²) in [4.78, 5) is 15.7. The second kappa shape index (κ2) is 7.93. The third kappa shape index (κ3) is 4.79. The van der Waals surface area contributed by atoms with E-state index in [1.165, 1.54) is 28.3 Å². The summed E-state index contributed by atoms with van der Waals surface area (Å²) in [5, 5.41) is 3.21. The fourth-order valence-corrected chi connectivity index (χ4v) is 3.78. The first-order chi connectivity index (χ1) is 10.9. The zero-order valence-electron chi connectivity index (χ0n) is 15.4. The van der Waals surface area contributed by atoms with E-state index >= 15 is 0 Å². The van der Waals surface area contributed by atoms with Crippen molar-refractivity contribution in [3.63, 3.8) is 0 Å². The first-order valence-corrected chi connectivity index (χ1v) is 8.91. The molecule has 1 aromatic carbocycles. The Kier molecular flexibility index (Phi) is 6.19. The van der Waals surface area contributed by atoms with Crippen LogP contribution in [0.3, 0.4) is 0 Å². The highest BCUT2D eigenvalue weighted by Gasteiger charge is 2.34. The Hall–Kier alpha value is -1.39. The number of hydrogen-bond acceptors (Lipinski definition) is 1. The van der Waals surface area contributed by atoms with Crippen molar-refractivity contribution in [3.05, 3.63) is 28.8 Å². The summed E-state index contributed by atoms with van der Waals surface area (Å²) < 4.78 is 0. The molecule has 0 radical (unpaired) electrons. The van der Waals surface area contributed by atoms with Crippen LogP contribution in [-0.2, 0) is 4.79 Å². The zero-order chi connectivity index (χ0) is 17.0. The molecule has 1 aliphatic heterocycles. The first-order valence-electron chi connectivity index (χ1n) is 8.91. The molecule has 1 aliphatic rings. The quantitative estimate of drug-likeness (QED) is 0.685. The Morgan fingerprint density at radius 1 is 1.26 bits per heavy atom. The molecule has 1 aromatic rings. The molecule has 1 heterocycles. The second-order valence-corrected chi connectivity index (χ2v) is 7.43. The maximum absolute atomic E-state index is 12.8. The van der Waals surface area contributed by atoms with Gasteiger partial charge in [0.1, 0.15) is 0 Å². The summed E-state index contributed by atoms with van der Waals surface area (Å²) >= 11 is 0. The molecular weight excluding hydrogens is 286 g/mol. The predicted molar refractivity (Wildman–Crippen MR) is 95.3 cm³/mol.